The third kappa shape index (κ3) is 4.57. The Labute approximate surface area is 190 Å². The highest BCUT2D eigenvalue weighted by molar-refractivity contribution is 7.89. The van der Waals surface area contributed by atoms with Crippen molar-refractivity contribution in [1.82, 2.24) is 14.2 Å². The van der Waals surface area contributed by atoms with Gasteiger partial charge < -0.3 is 9.80 Å². The summed E-state index contributed by atoms with van der Waals surface area (Å²) in [6.45, 7) is 2.62. The minimum atomic E-state index is -3.94. The molecule has 172 valence electrons. The molecular formula is C21H23ClF2N4O3S. The Bertz CT molecular complexity index is 1100. The van der Waals surface area contributed by atoms with Crippen molar-refractivity contribution in [3.63, 3.8) is 0 Å². The number of sulfonamides is 1. The Morgan fingerprint density at radius 1 is 1.00 bits per heavy atom. The molecule has 0 N–H and O–H groups in total. The van der Waals surface area contributed by atoms with Gasteiger partial charge in [0, 0.05) is 51.4 Å². The zero-order valence-electron chi connectivity index (χ0n) is 17.3. The summed E-state index contributed by atoms with van der Waals surface area (Å²) in [6.07, 6.45) is 2.45. The number of nitrogens with zero attached hydrogens (tertiary/aromatic N) is 4. The highest BCUT2D eigenvalue weighted by Crippen LogP contribution is 2.27. The molecule has 2 aliphatic heterocycles. The minimum Gasteiger partial charge on any atom is -0.352 e. The number of amides is 1. The highest BCUT2D eigenvalue weighted by atomic mass is 35.5. The third-order valence-electron chi connectivity index (χ3n) is 5.96. The molecule has 1 amide bonds. The molecule has 3 heterocycles. The van der Waals surface area contributed by atoms with E-state index in [9.17, 15) is 22.0 Å². The molecule has 0 saturated carbocycles. The lowest BCUT2D eigenvalue weighted by molar-refractivity contribution is -0.137. The van der Waals surface area contributed by atoms with Crippen LogP contribution in [0.15, 0.2) is 41.4 Å². The fraction of sp³-hybridized carbons (Fsp3) is 0.429. The summed E-state index contributed by atoms with van der Waals surface area (Å²) < 4.78 is 53.4. The number of pyridine rings is 1. The lowest BCUT2D eigenvalue weighted by Gasteiger charge is -2.38. The molecule has 0 atom stereocenters. The largest absolute Gasteiger partial charge is 0.352 e. The second-order valence-electron chi connectivity index (χ2n) is 7.88. The van der Waals surface area contributed by atoms with Gasteiger partial charge in [0.25, 0.3) is 0 Å². The predicted octanol–water partition coefficient (Wildman–Crippen LogP) is 2.76. The molecule has 2 saturated heterocycles. The maximum absolute atomic E-state index is 13.5. The fourth-order valence-electron chi connectivity index (χ4n) is 4.14. The van der Waals surface area contributed by atoms with Gasteiger partial charge in [0.2, 0.25) is 15.9 Å². The first kappa shape index (κ1) is 22.9. The van der Waals surface area contributed by atoms with E-state index in [-0.39, 0.29) is 29.8 Å². The first-order valence-corrected chi connectivity index (χ1v) is 12.2. The van der Waals surface area contributed by atoms with Crippen molar-refractivity contribution in [3.8, 4) is 0 Å². The molecule has 4 rings (SSSR count). The summed E-state index contributed by atoms with van der Waals surface area (Å²) in [7, 11) is -3.94. The zero-order valence-corrected chi connectivity index (χ0v) is 18.8. The standard InChI is InChI=1S/C21H23ClF2N4O3S/c22-17-2-1-7-25-20(17)26-10-12-27(13-11-26)21(29)15-5-8-28(9-6-15)32(30,31)16-3-4-18(23)19(24)14-16/h1-4,7,14-15H,5-6,8-13H2. The highest BCUT2D eigenvalue weighted by Gasteiger charge is 2.35. The van der Waals surface area contributed by atoms with Gasteiger partial charge in [-0.1, -0.05) is 11.6 Å². The fourth-order valence-corrected chi connectivity index (χ4v) is 5.86. The number of benzene rings is 1. The van der Waals surface area contributed by atoms with E-state index in [0.29, 0.717) is 55.9 Å². The van der Waals surface area contributed by atoms with Crippen LogP contribution >= 0.6 is 11.6 Å². The maximum Gasteiger partial charge on any atom is 0.243 e. The molecule has 11 heteroatoms. The Morgan fingerprint density at radius 3 is 2.31 bits per heavy atom. The number of aromatic nitrogens is 1. The summed E-state index contributed by atoms with van der Waals surface area (Å²) in [4.78, 5) is 20.9. The van der Waals surface area contributed by atoms with Gasteiger partial charge in [-0.3, -0.25) is 4.79 Å². The zero-order chi connectivity index (χ0) is 22.9. The molecule has 0 aliphatic carbocycles. The van der Waals surface area contributed by atoms with Gasteiger partial charge >= 0.3 is 0 Å². The molecule has 1 aromatic carbocycles. The van der Waals surface area contributed by atoms with Crippen LogP contribution in [-0.4, -0.2) is 67.8 Å². The van der Waals surface area contributed by atoms with E-state index < -0.39 is 21.7 Å². The Balaban J connectivity index is 1.33. The lowest BCUT2D eigenvalue weighted by atomic mass is 9.96. The normalized spacial score (nSPS) is 18.7. The average molecular weight is 485 g/mol. The third-order valence-corrected chi connectivity index (χ3v) is 8.15. The summed E-state index contributed by atoms with van der Waals surface area (Å²) in [5.41, 5.74) is 0. The van der Waals surface area contributed by atoms with Crippen LogP contribution < -0.4 is 4.90 Å². The number of hydrogen-bond acceptors (Lipinski definition) is 5. The van der Waals surface area contributed by atoms with E-state index in [4.69, 9.17) is 11.6 Å². The molecule has 2 fully saturated rings. The van der Waals surface area contributed by atoms with Crippen molar-refractivity contribution in [3.05, 3.63) is 53.2 Å². The molecule has 2 aliphatic rings. The molecule has 0 unspecified atom stereocenters. The number of anilines is 1. The number of hydrogen-bond donors (Lipinski definition) is 0. The first-order valence-electron chi connectivity index (χ1n) is 10.4. The molecule has 1 aromatic heterocycles. The molecule has 2 aromatic rings. The Kier molecular flexibility index (Phi) is 6.64. The van der Waals surface area contributed by atoms with E-state index in [1.54, 1.807) is 23.2 Å². The molecule has 0 spiro atoms. The van der Waals surface area contributed by atoms with Crippen LogP contribution in [-0.2, 0) is 14.8 Å². The summed E-state index contributed by atoms with van der Waals surface area (Å²) in [5, 5.41) is 0.571. The quantitative estimate of drug-likeness (QED) is 0.667. The molecule has 0 bridgehead atoms. The van der Waals surface area contributed by atoms with Gasteiger partial charge in [-0.05, 0) is 43.2 Å². The van der Waals surface area contributed by atoms with Crippen LogP contribution in [0, 0.1) is 17.6 Å². The van der Waals surface area contributed by atoms with E-state index >= 15 is 0 Å². The Hall–Kier alpha value is -2.30. The monoisotopic (exact) mass is 484 g/mol. The topological polar surface area (TPSA) is 73.8 Å². The number of rotatable bonds is 4. The first-order chi connectivity index (χ1) is 15.3. The van der Waals surface area contributed by atoms with Gasteiger partial charge in [-0.15, -0.1) is 0 Å². The van der Waals surface area contributed by atoms with Crippen molar-refractivity contribution < 1.29 is 22.0 Å². The van der Waals surface area contributed by atoms with Crippen molar-refractivity contribution in [2.75, 3.05) is 44.2 Å². The van der Waals surface area contributed by atoms with Gasteiger partial charge in [-0.2, -0.15) is 4.31 Å². The van der Waals surface area contributed by atoms with Gasteiger partial charge in [0.05, 0.1) is 9.92 Å². The average Bonchev–Trinajstić information content (AvgIpc) is 2.81. The van der Waals surface area contributed by atoms with Crippen LogP contribution in [0.5, 0.6) is 0 Å². The van der Waals surface area contributed by atoms with Crippen LogP contribution in [0.25, 0.3) is 0 Å². The Morgan fingerprint density at radius 2 is 1.69 bits per heavy atom. The predicted molar refractivity (Wildman–Crippen MR) is 116 cm³/mol. The van der Waals surface area contributed by atoms with E-state index in [1.807, 2.05) is 4.90 Å². The van der Waals surface area contributed by atoms with Gasteiger partial charge in [-0.25, -0.2) is 22.2 Å². The van der Waals surface area contributed by atoms with Crippen LogP contribution in [0.1, 0.15) is 12.8 Å². The number of piperazine rings is 1. The van der Waals surface area contributed by atoms with E-state index in [2.05, 4.69) is 4.98 Å². The second kappa shape index (κ2) is 9.29. The number of carbonyl (C=O) groups is 1. The van der Waals surface area contributed by atoms with Gasteiger partial charge in [0.1, 0.15) is 5.82 Å². The van der Waals surface area contributed by atoms with E-state index in [0.717, 1.165) is 12.1 Å². The van der Waals surface area contributed by atoms with E-state index in [1.165, 1.54) is 4.31 Å². The summed E-state index contributed by atoms with van der Waals surface area (Å²) >= 11 is 6.21. The minimum absolute atomic E-state index is 0.0154. The van der Waals surface area contributed by atoms with Crippen molar-refractivity contribution in [2.24, 2.45) is 5.92 Å². The molecular weight excluding hydrogens is 462 g/mol. The second-order valence-corrected chi connectivity index (χ2v) is 10.2. The van der Waals surface area contributed by atoms with Crippen LogP contribution in [0.2, 0.25) is 5.02 Å². The van der Waals surface area contributed by atoms with Crippen molar-refractivity contribution in [2.45, 2.75) is 17.7 Å². The molecule has 7 nitrogen and oxygen atoms in total. The number of piperidine rings is 1. The smallest absolute Gasteiger partial charge is 0.243 e. The van der Waals surface area contributed by atoms with Crippen LogP contribution in [0.3, 0.4) is 0 Å². The molecule has 0 radical (unpaired) electrons. The van der Waals surface area contributed by atoms with Gasteiger partial charge in [0.15, 0.2) is 11.6 Å². The number of halogens is 3. The lowest BCUT2D eigenvalue weighted by Crippen LogP contribution is -2.52. The SMILES string of the molecule is O=C(C1CCN(S(=O)(=O)c2ccc(F)c(F)c2)CC1)N1CCN(c2ncccc2Cl)CC1. The maximum atomic E-state index is 13.5. The summed E-state index contributed by atoms with van der Waals surface area (Å²) in [6, 6.07) is 6.10. The number of carbonyl (C=O) groups excluding carboxylic acids is 1. The van der Waals surface area contributed by atoms with Crippen molar-refractivity contribution in [1.29, 1.82) is 0 Å². The van der Waals surface area contributed by atoms with Crippen LogP contribution in [0.4, 0.5) is 14.6 Å². The molecule has 32 heavy (non-hydrogen) atoms. The summed E-state index contributed by atoms with van der Waals surface area (Å²) in [5.74, 6) is -1.85. The van der Waals surface area contributed by atoms with Crippen molar-refractivity contribution >= 4 is 33.3 Å².